The molecule has 0 aliphatic carbocycles. The van der Waals surface area contributed by atoms with Crippen molar-refractivity contribution in [1.29, 1.82) is 0 Å². The molecule has 0 unspecified atom stereocenters. The van der Waals surface area contributed by atoms with Crippen molar-refractivity contribution in [2.45, 2.75) is 19.4 Å². The van der Waals surface area contributed by atoms with E-state index in [1.807, 2.05) is 38.3 Å². The van der Waals surface area contributed by atoms with Crippen LogP contribution in [0.2, 0.25) is 5.02 Å². The lowest BCUT2D eigenvalue weighted by atomic mass is 10.1. The Labute approximate surface area is 110 Å². The second-order valence-electron chi connectivity index (χ2n) is 4.25. The number of hydrogen-bond donors (Lipinski definition) is 0. The zero-order valence-corrected chi connectivity index (χ0v) is 11.5. The molecule has 0 saturated heterocycles. The maximum absolute atomic E-state index is 12.3. The molecule has 1 amide bonds. The number of nitrogens with zero attached hydrogens (tertiary/aromatic N) is 2. The van der Waals surface area contributed by atoms with Gasteiger partial charge < -0.3 is 0 Å². The monoisotopic (exact) mass is 268 g/mol. The summed E-state index contributed by atoms with van der Waals surface area (Å²) in [5.41, 5.74) is -0.0184. The van der Waals surface area contributed by atoms with E-state index in [9.17, 15) is 4.79 Å². The fraction of sp³-hybridized carbons (Fsp3) is 0.333. The molecular formula is C12H13ClN2OS. The third kappa shape index (κ3) is 2.07. The molecule has 2 rings (SSSR count). The minimum atomic E-state index is -0.711. The third-order valence-electron chi connectivity index (χ3n) is 2.57. The van der Waals surface area contributed by atoms with Gasteiger partial charge in [-0.3, -0.25) is 9.69 Å². The summed E-state index contributed by atoms with van der Waals surface area (Å²) >= 11 is 7.57. The SMILES string of the molecule is CSC1=NC(C)(C)C(=O)N1c1ccccc1Cl. The van der Waals surface area contributed by atoms with Gasteiger partial charge in [-0.2, -0.15) is 0 Å². The zero-order chi connectivity index (χ0) is 12.6. The summed E-state index contributed by atoms with van der Waals surface area (Å²) in [5.74, 6) is -0.0463. The molecule has 0 N–H and O–H groups in total. The summed E-state index contributed by atoms with van der Waals surface area (Å²) in [6.07, 6.45) is 1.90. The number of amides is 1. The van der Waals surface area contributed by atoms with E-state index in [0.717, 1.165) is 0 Å². The first-order chi connectivity index (χ1) is 7.97. The molecule has 0 saturated carbocycles. The van der Waals surface area contributed by atoms with Crippen molar-refractivity contribution in [3.63, 3.8) is 0 Å². The predicted molar refractivity (Wildman–Crippen MR) is 74.0 cm³/mol. The highest BCUT2D eigenvalue weighted by molar-refractivity contribution is 8.13. The average Bonchev–Trinajstić information content (AvgIpc) is 2.51. The fourth-order valence-corrected chi connectivity index (χ4v) is 2.58. The molecule has 0 radical (unpaired) electrons. The molecular weight excluding hydrogens is 256 g/mol. The molecule has 0 bridgehead atoms. The Bertz CT molecular complexity index is 499. The van der Waals surface area contributed by atoms with Crippen molar-refractivity contribution in [2.24, 2.45) is 4.99 Å². The highest BCUT2D eigenvalue weighted by atomic mass is 35.5. The van der Waals surface area contributed by atoms with E-state index in [0.29, 0.717) is 15.9 Å². The van der Waals surface area contributed by atoms with Crippen molar-refractivity contribution >= 4 is 40.1 Å². The summed E-state index contributed by atoms with van der Waals surface area (Å²) in [5, 5.41) is 1.24. The Balaban J connectivity index is 2.50. The molecule has 1 aromatic rings. The molecule has 0 atom stereocenters. The number of thioether (sulfide) groups is 1. The minimum absolute atomic E-state index is 0.0463. The number of carbonyl (C=O) groups is 1. The van der Waals surface area contributed by atoms with Gasteiger partial charge in [-0.25, -0.2) is 4.99 Å². The maximum Gasteiger partial charge on any atom is 0.260 e. The fourth-order valence-electron chi connectivity index (χ4n) is 1.68. The first kappa shape index (κ1) is 12.5. The van der Waals surface area contributed by atoms with Crippen LogP contribution in [-0.2, 0) is 4.79 Å². The number of anilines is 1. The Kier molecular flexibility index (Phi) is 3.19. The molecule has 0 aromatic heterocycles. The first-order valence-electron chi connectivity index (χ1n) is 5.20. The lowest BCUT2D eigenvalue weighted by molar-refractivity contribution is -0.120. The van der Waals surface area contributed by atoms with Crippen molar-refractivity contribution < 1.29 is 4.79 Å². The van der Waals surface area contributed by atoms with Crippen molar-refractivity contribution in [3.05, 3.63) is 29.3 Å². The highest BCUT2D eigenvalue weighted by Crippen LogP contribution is 2.34. The smallest absolute Gasteiger partial charge is 0.260 e. The molecule has 5 heteroatoms. The van der Waals surface area contributed by atoms with Gasteiger partial charge in [0, 0.05) is 0 Å². The molecule has 1 heterocycles. The molecule has 1 aliphatic heterocycles. The summed E-state index contributed by atoms with van der Waals surface area (Å²) in [7, 11) is 0. The molecule has 0 fully saturated rings. The van der Waals surface area contributed by atoms with Crippen LogP contribution >= 0.6 is 23.4 Å². The van der Waals surface area contributed by atoms with E-state index in [4.69, 9.17) is 11.6 Å². The molecule has 1 aliphatic rings. The van der Waals surface area contributed by atoms with Gasteiger partial charge in [0.05, 0.1) is 10.7 Å². The van der Waals surface area contributed by atoms with E-state index >= 15 is 0 Å². The summed E-state index contributed by atoms with van der Waals surface area (Å²) in [4.78, 5) is 18.3. The van der Waals surface area contributed by atoms with Gasteiger partial charge in [-0.15, -0.1) is 0 Å². The maximum atomic E-state index is 12.3. The van der Waals surface area contributed by atoms with Crippen molar-refractivity contribution in [2.75, 3.05) is 11.2 Å². The number of benzene rings is 1. The van der Waals surface area contributed by atoms with Crippen LogP contribution < -0.4 is 4.90 Å². The number of carbonyl (C=O) groups excluding carboxylic acids is 1. The molecule has 90 valence electrons. The van der Waals surface area contributed by atoms with E-state index in [1.54, 1.807) is 11.0 Å². The Morgan fingerprint density at radius 1 is 1.35 bits per heavy atom. The van der Waals surface area contributed by atoms with Crippen LogP contribution in [0.1, 0.15) is 13.8 Å². The Morgan fingerprint density at radius 2 is 2.00 bits per heavy atom. The van der Waals surface area contributed by atoms with Gasteiger partial charge in [0.2, 0.25) is 0 Å². The lowest BCUT2D eigenvalue weighted by Gasteiger charge is -2.20. The standard InChI is InChI=1S/C12H13ClN2OS/c1-12(2)10(16)15(11(14-12)17-3)9-7-5-4-6-8(9)13/h4-7H,1-3H3. The largest absolute Gasteiger partial charge is 0.271 e. The van der Waals surface area contributed by atoms with Gasteiger partial charge in [0.1, 0.15) is 5.54 Å². The van der Waals surface area contributed by atoms with Crippen LogP contribution in [-0.4, -0.2) is 22.9 Å². The van der Waals surface area contributed by atoms with Gasteiger partial charge in [0.25, 0.3) is 5.91 Å². The number of amidine groups is 1. The summed E-state index contributed by atoms with van der Waals surface area (Å²) < 4.78 is 0. The van der Waals surface area contributed by atoms with Crippen LogP contribution in [0.15, 0.2) is 29.3 Å². The van der Waals surface area contributed by atoms with Gasteiger partial charge in [-0.1, -0.05) is 35.5 Å². The van der Waals surface area contributed by atoms with Crippen LogP contribution in [0.25, 0.3) is 0 Å². The van der Waals surface area contributed by atoms with Crippen LogP contribution in [0.3, 0.4) is 0 Å². The van der Waals surface area contributed by atoms with Crippen LogP contribution in [0.5, 0.6) is 0 Å². The number of halogens is 1. The minimum Gasteiger partial charge on any atom is -0.271 e. The third-order valence-corrected chi connectivity index (χ3v) is 3.53. The lowest BCUT2D eigenvalue weighted by Crippen LogP contribution is -2.38. The first-order valence-corrected chi connectivity index (χ1v) is 6.80. The van der Waals surface area contributed by atoms with E-state index in [-0.39, 0.29) is 5.91 Å². The van der Waals surface area contributed by atoms with Crippen molar-refractivity contribution in [3.8, 4) is 0 Å². The van der Waals surface area contributed by atoms with Crippen molar-refractivity contribution in [1.82, 2.24) is 0 Å². The quantitative estimate of drug-likeness (QED) is 0.784. The van der Waals surface area contributed by atoms with Gasteiger partial charge in [-0.05, 0) is 32.2 Å². The summed E-state index contributed by atoms with van der Waals surface area (Å²) in [6, 6.07) is 7.30. The van der Waals surface area contributed by atoms with E-state index in [2.05, 4.69) is 4.99 Å². The zero-order valence-electron chi connectivity index (χ0n) is 9.90. The summed E-state index contributed by atoms with van der Waals surface area (Å²) in [6.45, 7) is 3.62. The molecule has 1 aromatic carbocycles. The van der Waals surface area contributed by atoms with E-state index in [1.165, 1.54) is 11.8 Å². The number of hydrogen-bond acceptors (Lipinski definition) is 3. The van der Waals surface area contributed by atoms with Crippen LogP contribution in [0.4, 0.5) is 5.69 Å². The number of aliphatic imine (C=N–C) groups is 1. The molecule has 17 heavy (non-hydrogen) atoms. The normalized spacial score (nSPS) is 18.5. The van der Waals surface area contributed by atoms with Gasteiger partial charge >= 0.3 is 0 Å². The Hall–Kier alpha value is -1.00. The number of rotatable bonds is 1. The van der Waals surface area contributed by atoms with Gasteiger partial charge in [0.15, 0.2) is 5.17 Å². The number of para-hydroxylation sites is 1. The topological polar surface area (TPSA) is 32.7 Å². The molecule has 0 spiro atoms. The second-order valence-corrected chi connectivity index (χ2v) is 5.43. The highest BCUT2D eigenvalue weighted by Gasteiger charge is 2.42. The van der Waals surface area contributed by atoms with E-state index < -0.39 is 5.54 Å². The Morgan fingerprint density at radius 3 is 2.59 bits per heavy atom. The second kappa shape index (κ2) is 4.35. The molecule has 3 nitrogen and oxygen atoms in total. The van der Waals surface area contributed by atoms with Crippen LogP contribution in [0, 0.1) is 0 Å². The predicted octanol–water partition coefficient (Wildman–Crippen LogP) is 3.18. The average molecular weight is 269 g/mol.